The van der Waals surface area contributed by atoms with Gasteiger partial charge in [-0.2, -0.15) is 0 Å². The summed E-state index contributed by atoms with van der Waals surface area (Å²) in [7, 11) is 0. The van der Waals surface area contributed by atoms with Crippen LogP contribution in [-0.2, 0) is 6.54 Å². The van der Waals surface area contributed by atoms with E-state index in [4.69, 9.17) is 0 Å². The van der Waals surface area contributed by atoms with Crippen LogP contribution in [0.25, 0.3) is 10.2 Å². The second-order valence-electron chi connectivity index (χ2n) is 4.52. The van der Waals surface area contributed by atoms with Gasteiger partial charge >= 0.3 is 5.69 Å². The van der Waals surface area contributed by atoms with Crippen LogP contribution in [0.2, 0.25) is 0 Å². The molecular weight excluding hydrogens is 400 g/mol. The third kappa shape index (κ3) is 3.31. The topological polar surface area (TPSA) is 81.0 Å². The van der Waals surface area contributed by atoms with Crippen LogP contribution in [0.5, 0.6) is 0 Å². The van der Waals surface area contributed by atoms with Crippen LogP contribution in [0, 0.1) is 10.1 Å². The van der Waals surface area contributed by atoms with Crippen molar-refractivity contribution < 1.29 is 4.92 Å². The lowest BCUT2D eigenvalue weighted by atomic mass is 10.3. The van der Waals surface area contributed by atoms with E-state index in [1.54, 1.807) is 29.2 Å². The van der Waals surface area contributed by atoms with Crippen LogP contribution in [0.15, 0.2) is 39.8 Å². The number of rotatable bonds is 5. The van der Waals surface area contributed by atoms with Crippen LogP contribution in [0.3, 0.4) is 0 Å². The smallest absolute Gasteiger partial charge is 0.311 e. The lowest BCUT2D eigenvalue weighted by molar-refractivity contribution is -0.384. The van der Waals surface area contributed by atoms with Crippen molar-refractivity contribution >= 4 is 60.8 Å². The summed E-state index contributed by atoms with van der Waals surface area (Å²) in [6.07, 6.45) is 3.54. The number of thioether (sulfide) groups is 1. The summed E-state index contributed by atoms with van der Waals surface area (Å²) in [4.78, 5) is 20.3. The first-order chi connectivity index (χ1) is 11.1. The Balaban J connectivity index is 1.86. The molecule has 0 radical (unpaired) electrons. The van der Waals surface area contributed by atoms with Crippen LogP contribution in [0.1, 0.15) is 5.01 Å². The minimum absolute atomic E-state index is 0.0422. The van der Waals surface area contributed by atoms with Gasteiger partial charge in [0.25, 0.3) is 0 Å². The van der Waals surface area contributed by atoms with E-state index in [0.717, 1.165) is 24.6 Å². The molecule has 23 heavy (non-hydrogen) atoms. The van der Waals surface area contributed by atoms with Crippen molar-refractivity contribution in [2.75, 3.05) is 11.6 Å². The standard InChI is InChI=1S/C14H11BrN4O2S2/c1-22-9-4-5-10-13(12(9)15)18-11(23-10)7-17-14-8(19(20)21)3-2-6-16-14/h2-6H,7H2,1H3,(H,16,17). The molecule has 118 valence electrons. The number of nitrogens with zero attached hydrogens (tertiary/aromatic N) is 3. The van der Waals surface area contributed by atoms with Crippen molar-refractivity contribution in [2.24, 2.45) is 0 Å². The van der Waals surface area contributed by atoms with E-state index in [0.29, 0.717) is 6.54 Å². The maximum atomic E-state index is 11.0. The van der Waals surface area contributed by atoms with Crippen molar-refractivity contribution in [1.29, 1.82) is 0 Å². The molecule has 0 amide bonds. The number of nitrogens with one attached hydrogen (secondary N) is 1. The molecule has 6 nitrogen and oxygen atoms in total. The van der Waals surface area contributed by atoms with Crippen LogP contribution in [-0.4, -0.2) is 21.1 Å². The number of pyridine rings is 1. The summed E-state index contributed by atoms with van der Waals surface area (Å²) in [6, 6.07) is 7.06. The second-order valence-corrected chi connectivity index (χ2v) is 7.27. The molecule has 3 rings (SSSR count). The van der Waals surface area contributed by atoms with Crippen LogP contribution < -0.4 is 5.32 Å². The Hall–Kier alpha value is -1.71. The van der Waals surface area contributed by atoms with E-state index in [-0.39, 0.29) is 11.5 Å². The van der Waals surface area contributed by atoms with Crippen LogP contribution >= 0.6 is 39.0 Å². The van der Waals surface area contributed by atoms with E-state index < -0.39 is 4.92 Å². The first kappa shape index (κ1) is 16.2. The summed E-state index contributed by atoms with van der Waals surface area (Å²) in [5, 5.41) is 14.8. The summed E-state index contributed by atoms with van der Waals surface area (Å²) in [5.74, 6) is 0.251. The molecule has 0 aliphatic rings. The van der Waals surface area contributed by atoms with Gasteiger partial charge in [-0.15, -0.1) is 23.1 Å². The van der Waals surface area contributed by atoms with Crippen LogP contribution in [0.4, 0.5) is 11.5 Å². The molecule has 0 unspecified atom stereocenters. The largest absolute Gasteiger partial charge is 0.358 e. The molecule has 0 aliphatic carbocycles. The van der Waals surface area contributed by atoms with Crippen molar-refractivity contribution in [3.05, 3.63) is 50.1 Å². The molecule has 2 heterocycles. The second kappa shape index (κ2) is 6.81. The van der Waals surface area contributed by atoms with Gasteiger partial charge in [0, 0.05) is 17.2 Å². The van der Waals surface area contributed by atoms with Gasteiger partial charge in [0.15, 0.2) is 0 Å². The van der Waals surface area contributed by atoms with Gasteiger partial charge in [0.1, 0.15) is 5.01 Å². The van der Waals surface area contributed by atoms with Gasteiger partial charge in [-0.1, -0.05) is 0 Å². The highest BCUT2D eigenvalue weighted by Crippen LogP contribution is 2.35. The highest BCUT2D eigenvalue weighted by Gasteiger charge is 2.15. The Labute approximate surface area is 148 Å². The predicted octanol–water partition coefficient (Wildman–Crippen LogP) is 4.70. The lowest BCUT2D eigenvalue weighted by Crippen LogP contribution is -2.04. The first-order valence-corrected chi connectivity index (χ1v) is 9.38. The fraction of sp³-hybridized carbons (Fsp3) is 0.143. The van der Waals surface area contributed by atoms with Gasteiger partial charge in [0.05, 0.1) is 26.2 Å². The van der Waals surface area contributed by atoms with E-state index in [1.165, 1.54) is 12.3 Å². The quantitative estimate of drug-likeness (QED) is 0.373. The molecule has 3 aromatic rings. The summed E-state index contributed by atoms with van der Waals surface area (Å²) >= 11 is 6.79. The maximum absolute atomic E-state index is 11.0. The molecule has 0 saturated heterocycles. The van der Waals surface area contributed by atoms with E-state index >= 15 is 0 Å². The number of halogens is 1. The third-order valence-electron chi connectivity index (χ3n) is 3.12. The number of thiazole rings is 1. The van der Waals surface area contributed by atoms with Crippen molar-refractivity contribution in [1.82, 2.24) is 9.97 Å². The van der Waals surface area contributed by atoms with Crippen molar-refractivity contribution in [2.45, 2.75) is 11.4 Å². The van der Waals surface area contributed by atoms with Gasteiger partial charge in [-0.25, -0.2) is 9.97 Å². The van der Waals surface area contributed by atoms with E-state index in [2.05, 4.69) is 37.3 Å². The van der Waals surface area contributed by atoms with E-state index in [1.807, 2.05) is 12.3 Å². The average molecular weight is 411 g/mol. The van der Waals surface area contributed by atoms with Gasteiger partial charge in [-0.3, -0.25) is 10.1 Å². The number of benzene rings is 1. The molecule has 1 aromatic carbocycles. The fourth-order valence-electron chi connectivity index (χ4n) is 2.06. The molecule has 0 fully saturated rings. The Kier molecular flexibility index (Phi) is 4.79. The zero-order valence-corrected chi connectivity index (χ0v) is 15.2. The Morgan fingerprint density at radius 3 is 3.00 bits per heavy atom. The average Bonchev–Trinajstić information content (AvgIpc) is 2.97. The summed E-state index contributed by atoms with van der Waals surface area (Å²) in [6.45, 7) is 0.387. The van der Waals surface area contributed by atoms with Crippen molar-refractivity contribution in [3.63, 3.8) is 0 Å². The molecule has 0 bridgehead atoms. The fourth-order valence-corrected chi connectivity index (χ4v) is 4.51. The molecule has 0 spiro atoms. The van der Waals surface area contributed by atoms with Gasteiger partial charge in [0.2, 0.25) is 5.82 Å². The third-order valence-corrected chi connectivity index (χ3v) is 5.98. The molecule has 0 atom stereocenters. The Morgan fingerprint density at radius 1 is 1.43 bits per heavy atom. The lowest BCUT2D eigenvalue weighted by Gasteiger charge is -2.03. The SMILES string of the molecule is CSc1ccc2sc(CNc3ncccc3[N+](=O)[O-])nc2c1Br. The van der Waals surface area contributed by atoms with Gasteiger partial charge < -0.3 is 5.32 Å². The molecular formula is C14H11BrN4O2S2. The number of hydrogen-bond acceptors (Lipinski definition) is 7. The minimum atomic E-state index is -0.449. The Morgan fingerprint density at radius 2 is 2.26 bits per heavy atom. The number of nitro groups is 1. The number of anilines is 1. The first-order valence-electron chi connectivity index (χ1n) is 6.55. The highest BCUT2D eigenvalue weighted by molar-refractivity contribution is 9.10. The van der Waals surface area contributed by atoms with E-state index in [9.17, 15) is 10.1 Å². The zero-order chi connectivity index (χ0) is 16.4. The zero-order valence-electron chi connectivity index (χ0n) is 11.9. The molecule has 0 aliphatic heterocycles. The molecule has 2 aromatic heterocycles. The predicted molar refractivity (Wildman–Crippen MR) is 97.3 cm³/mol. The monoisotopic (exact) mass is 410 g/mol. The van der Waals surface area contributed by atoms with Crippen molar-refractivity contribution in [3.8, 4) is 0 Å². The summed E-state index contributed by atoms with van der Waals surface area (Å²) in [5.41, 5.74) is 0.869. The normalized spacial score (nSPS) is 10.9. The number of fused-ring (bicyclic) bond motifs is 1. The maximum Gasteiger partial charge on any atom is 0.311 e. The highest BCUT2D eigenvalue weighted by atomic mass is 79.9. The molecule has 9 heteroatoms. The minimum Gasteiger partial charge on any atom is -0.358 e. The Bertz CT molecular complexity index is 884. The molecule has 0 saturated carbocycles. The molecule has 1 N–H and O–H groups in total. The summed E-state index contributed by atoms with van der Waals surface area (Å²) < 4.78 is 2.05. The number of aromatic nitrogens is 2. The van der Waals surface area contributed by atoms with Gasteiger partial charge in [-0.05, 0) is 40.4 Å². The number of hydrogen-bond donors (Lipinski definition) is 1.